The summed E-state index contributed by atoms with van der Waals surface area (Å²) in [7, 11) is -3.62. The van der Waals surface area contributed by atoms with Gasteiger partial charge in [-0.25, -0.2) is 23.1 Å². The Balaban J connectivity index is 2.09. The van der Waals surface area contributed by atoms with Crippen LogP contribution in [0.15, 0.2) is 35.7 Å². The third-order valence-electron chi connectivity index (χ3n) is 2.29. The van der Waals surface area contributed by atoms with Gasteiger partial charge in [0.15, 0.2) is 5.03 Å². The summed E-state index contributed by atoms with van der Waals surface area (Å²) in [6.45, 7) is 0.419. The molecule has 0 aliphatic carbocycles. The molecule has 18 heavy (non-hydrogen) atoms. The highest BCUT2D eigenvalue weighted by Gasteiger charge is 2.15. The van der Waals surface area contributed by atoms with Crippen molar-refractivity contribution in [2.45, 2.75) is 18.1 Å². The molecule has 0 saturated carbocycles. The van der Waals surface area contributed by atoms with Crippen molar-refractivity contribution in [1.29, 1.82) is 0 Å². The fraction of sp³-hybridized carbons (Fsp3) is 0.200. The molecular formula is C10H13N5O2S. The number of nitrogens with zero attached hydrogens (tertiary/aromatic N) is 2. The minimum atomic E-state index is -3.62. The van der Waals surface area contributed by atoms with E-state index in [4.69, 9.17) is 5.73 Å². The second-order valence-corrected chi connectivity index (χ2v) is 5.28. The lowest BCUT2D eigenvalue weighted by atomic mass is 10.3. The first-order chi connectivity index (χ1) is 8.62. The van der Waals surface area contributed by atoms with E-state index < -0.39 is 10.0 Å². The largest absolute Gasteiger partial charge is 0.347 e. The Labute approximate surface area is 105 Å². The van der Waals surface area contributed by atoms with Crippen molar-refractivity contribution in [3.63, 3.8) is 0 Å². The number of imidazole rings is 1. The van der Waals surface area contributed by atoms with Crippen LogP contribution in [-0.2, 0) is 23.1 Å². The minimum absolute atomic E-state index is 0.0359. The molecule has 2 heterocycles. The first-order valence-electron chi connectivity index (χ1n) is 5.25. The molecule has 2 aromatic rings. The number of nitrogens with one attached hydrogen (secondary N) is 2. The van der Waals surface area contributed by atoms with E-state index in [9.17, 15) is 8.42 Å². The first-order valence-corrected chi connectivity index (χ1v) is 6.73. The van der Waals surface area contributed by atoms with Crippen LogP contribution < -0.4 is 10.5 Å². The van der Waals surface area contributed by atoms with Gasteiger partial charge in [0.25, 0.3) is 10.0 Å². The number of hydrogen-bond acceptors (Lipinski definition) is 5. The lowest BCUT2D eigenvalue weighted by Gasteiger charge is -2.05. The molecule has 0 radical (unpaired) electrons. The van der Waals surface area contributed by atoms with Crippen molar-refractivity contribution in [3.8, 4) is 0 Å². The van der Waals surface area contributed by atoms with Crippen molar-refractivity contribution >= 4 is 10.0 Å². The highest BCUT2D eigenvalue weighted by Crippen LogP contribution is 2.06. The van der Waals surface area contributed by atoms with Gasteiger partial charge in [0.05, 0.1) is 6.54 Å². The summed E-state index contributed by atoms with van der Waals surface area (Å²) in [6, 6.07) is 3.06. The third-order valence-corrected chi connectivity index (χ3v) is 3.61. The Morgan fingerprint density at radius 2 is 2.17 bits per heavy atom. The second-order valence-electron chi connectivity index (χ2n) is 3.57. The van der Waals surface area contributed by atoms with E-state index >= 15 is 0 Å². The summed E-state index contributed by atoms with van der Waals surface area (Å²) in [4.78, 5) is 10.6. The third kappa shape index (κ3) is 2.92. The van der Waals surface area contributed by atoms with Crippen LogP contribution in [-0.4, -0.2) is 23.4 Å². The summed E-state index contributed by atoms with van der Waals surface area (Å²) in [5, 5.41) is -0.0359. The standard InChI is InChI=1S/C10H13N5O2S/c11-5-8-1-2-10(14-6-8)18(16,17)15-7-9-12-3-4-13-9/h1-4,6,15H,5,7,11H2,(H,12,13). The molecular weight excluding hydrogens is 254 g/mol. The molecule has 2 aromatic heterocycles. The zero-order chi connectivity index (χ0) is 13.0. The van der Waals surface area contributed by atoms with E-state index in [1.54, 1.807) is 18.5 Å². The van der Waals surface area contributed by atoms with Crippen LogP contribution in [0.25, 0.3) is 0 Å². The fourth-order valence-electron chi connectivity index (χ4n) is 1.32. The number of nitrogens with two attached hydrogens (primary N) is 1. The molecule has 0 aliphatic rings. The molecule has 2 rings (SSSR count). The van der Waals surface area contributed by atoms with Crippen molar-refractivity contribution in [1.82, 2.24) is 19.7 Å². The lowest BCUT2D eigenvalue weighted by Crippen LogP contribution is -2.24. The Morgan fingerprint density at radius 3 is 2.72 bits per heavy atom. The lowest BCUT2D eigenvalue weighted by molar-refractivity contribution is 0.575. The number of rotatable bonds is 5. The van der Waals surface area contributed by atoms with E-state index in [2.05, 4.69) is 19.7 Å². The summed E-state index contributed by atoms with van der Waals surface area (Å²) in [5.41, 5.74) is 6.19. The van der Waals surface area contributed by atoms with Crippen molar-refractivity contribution in [2.75, 3.05) is 0 Å². The van der Waals surface area contributed by atoms with Gasteiger partial charge in [-0.1, -0.05) is 6.07 Å². The van der Waals surface area contributed by atoms with E-state index in [1.165, 1.54) is 12.3 Å². The van der Waals surface area contributed by atoms with Crippen LogP contribution in [0.1, 0.15) is 11.4 Å². The summed E-state index contributed by atoms with van der Waals surface area (Å²) >= 11 is 0. The van der Waals surface area contributed by atoms with Gasteiger partial charge in [-0.3, -0.25) is 0 Å². The molecule has 7 nitrogen and oxygen atoms in total. The monoisotopic (exact) mass is 267 g/mol. The van der Waals surface area contributed by atoms with E-state index in [1.807, 2.05) is 0 Å². The Hall–Kier alpha value is -1.77. The maximum absolute atomic E-state index is 11.9. The van der Waals surface area contributed by atoms with Gasteiger partial charge in [0, 0.05) is 25.1 Å². The van der Waals surface area contributed by atoms with Crippen molar-refractivity contribution in [3.05, 3.63) is 42.1 Å². The normalized spacial score (nSPS) is 11.6. The number of hydrogen-bond donors (Lipinski definition) is 3. The van der Waals surface area contributed by atoms with Gasteiger partial charge in [0.1, 0.15) is 5.82 Å². The molecule has 96 valence electrons. The van der Waals surface area contributed by atoms with Gasteiger partial charge in [-0.05, 0) is 11.6 Å². The number of sulfonamides is 1. The Kier molecular flexibility index (Phi) is 3.70. The molecule has 8 heteroatoms. The predicted octanol–water partition coefficient (Wildman–Crippen LogP) is -0.258. The van der Waals surface area contributed by atoms with Crippen LogP contribution in [0.5, 0.6) is 0 Å². The molecule has 4 N–H and O–H groups in total. The van der Waals surface area contributed by atoms with Gasteiger partial charge in [0.2, 0.25) is 0 Å². The molecule has 0 atom stereocenters. The first kappa shape index (κ1) is 12.7. The van der Waals surface area contributed by atoms with Gasteiger partial charge in [-0.2, -0.15) is 0 Å². The van der Waals surface area contributed by atoms with Crippen molar-refractivity contribution < 1.29 is 8.42 Å². The minimum Gasteiger partial charge on any atom is -0.347 e. The summed E-state index contributed by atoms with van der Waals surface area (Å²) < 4.78 is 26.2. The van der Waals surface area contributed by atoms with E-state index in [0.29, 0.717) is 12.4 Å². The fourth-order valence-corrected chi connectivity index (χ4v) is 2.24. The molecule has 0 bridgehead atoms. The Morgan fingerprint density at radius 1 is 1.33 bits per heavy atom. The van der Waals surface area contributed by atoms with E-state index in [0.717, 1.165) is 5.56 Å². The quantitative estimate of drug-likeness (QED) is 0.690. The average Bonchev–Trinajstić information content (AvgIpc) is 2.90. The topological polar surface area (TPSA) is 114 Å². The number of aromatic nitrogens is 3. The number of aromatic amines is 1. The number of H-pyrrole nitrogens is 1. The van der Waals surface area contributed by atoms with E-state index in [-0.39, 0.29) is 11.6 Å². The molecule has 0 spiro atoms. The van der Waals surface area contributed by atoms with Gasteiger partial charge in [-0.15, -0.1) is 0 Å². The molecule has 0 aromatic carbocycles. The zero-order valence-corrected chi connectivity index (χ0v) is 10.3. The highest BCUT2D eigenvalue weighted by molar-refractivity contribution is 7.89. The molecule has 0 unspecified atom stereocenters. The zero-order valence-electron chi connectivity index (χ0n) is 9.50. The smallest absolute Gasteiger partial charge is 0.258 e. The highest BCUT2D eigenvalue weighted by atomic mass is 32.2. The average molecular weight is 267 g/mol. The SMILES string of the molecule is NCc1ccc(S(=O)(=O)NCc2ncc[nH]2)nc1. The molecule has 0 aliphatic heterocycles. The summed E-state index contributed by atoms with van der Waals surface area (Å²) in [6.07, 6.45) is 4.62. The molecule has 0 fully saturated rings. The van der Waals surface area contributed by atoms with Gasteiger partial charge >= 0.3 is 0 Å². The van der Waals surface area contributed by atoms with Gasteiger partial charge < -0.3 is 10.7 Å². The van der Waals surface area contributed by atoms with Crippen LogP contribution in [0.3, 0.4) is 0 Å². The maximum atomic E-state index is 11.9. The van der Waals surface area contributed by atoms with Crippen molar-refractivity contribution in [2.24, 2.45) is 5.73 Å². The predicted molar refractivity (Wildman–Crippen MR) is 64.7 cm³/mol. The van der Waals surface area contributed by atoms with Crippen LogP contribution >= 0.6 is 0 Å². The second kappa shape index (κ2) is 5.25. The molecule has 0 saturated heterocycles. The van der Waals surface area contributed by atoms with Crippen LogP contribution in [0, 0.1) is 0 Å². The number of pyridine rings is 1. The Bertz CT molecular complexity index is 592. The summed E-state index contributed by atoms with van der Waals surface area (Å²) in [5.74, 6) is 0.539. The van der Waals surface area contributed by atoms with Crippen LogP contribution in [0.2, 0.25) is 0 Å². The maximum Gasteiger partial charge on any atom is 0.258 e. The molecule has 0 amide bonds. The van der Waals surface area contributed by atoms with Crippen LogP contribution in [0.4, 0.5) is 0 Å².